The Hall–Kier alpha value is -1.48. The quantitative estimate of drug-likeness (QED) is 0.622. The molecule has 0 bridgehead atoms. The molecule has 0 aromatic heterocycles. The number of likely N-dealkylation sites (tertiary alicyclic amines) is 1. The van der Waals surface area contributed by atoms with Gasteiger partial charge in [0.2, 0.25) is 15.9 Å². The number of carbonyl (C=O) groups excluding carboxylic acids is 1. The van der Waals surface area contributed by atoms with E-state index in [1.807, 2.05) is 7.05 Å². The largest absolute Gasteiger partial charge is 0.355 e. The van der Waals surface area contributed by atoms with Crippen LogP contribution in [0.25, 0.3) is 0 Å². The minimum atomic E-state index is -3.66. The summed E-state index contributed by atoms with van der Waals surface area (Å²) >= 11 is 0. The second kappa shape index (κ2) is 8.57. The number of nitrogens with two attached hydrogens (primary N) is 1. The molecule has 2 rings (SSSR count). The van der Waals surface area contributed by atoms with Gasteiger partial charge in [0.1, 0.15) is 0 Å². The first-order chi connectivity index (χ1) is 11.4. The second-order valence-corrected chi connectivity index (χ2v) is 7.71. The molecule has 1 amide bonds. The Labute approximate surface area is 143 Å². The number of primary sulfonamides is 1. The van der Waals surface area contributed by atoms with Crippen molar-refractivity contribution < 1.29 is 13.2 Å². The molecule has 1 fully saturated rings. The number of likely N-dealkylation sites (N-methyl/N-ethyl adjacent to an activating group) is 1. The standard InChI is InChI=1S/C16H26N4O3S/c1-18-14-3-2-10-20(11-14)12-16(21)19-9-8-13-4-6-15(7-5-13)24(17,22)23/h4-7,14,18H,2-3,8-12H2,1H3,(H,19,21)(H2,17,22,23). The third-order valence-corrected chi connectivity index (χ3v) is 5.20. The highest BCUT2D eigenvalue weighted by Crippen LogP contribution is 2.10. The number of benzene rings is 1. The number of sulfonamides is 1. The zero-order valence-electron chi connectivity index (χ0n) is 14.0. The average molecular weight is 354 g/mol. The maximum Gasteiger partial charge on any atom is 0.238 e. The van der Waals surface area contributed by atoms with E-state index in [1.165, 1.54) is 12.1 Å². The van der Waals surface area contributed by atoms with Gasteiger partial charge in [0.05, 0.1) is 11.4 Å². The van der Waals surface area contributed by atoms with E-state index in [9.17, 15) is 13.2 Å². The summed E-state index contributed by atoms with van der Waals surface area (Å²) in [6, 6.07) is 6.86. The average Bonchev–Trinajstić information content (AvgIpc) is 2.54. The van der Waals surface area contributed by atoms with Crippen LogP contribution in [-0.2, 0) is 21.2 Å². The lowest BCUT2D eigenvalue weighted by Gasteiger charge is -2.31. The predicted molar refractivity (Wildman–Crippen MR) is 93.1 cm³/mol. The number of amides is 1. The molecule has 0 spiro atoms. The van der Waals surface area contributed by atoms with E-state index in [1.54, 1.807) is 12.1 Å². The number of hydrogen-bond acceptors (Lipinski definition) is 5. The van der Waals surface area contributed by atoms with Gasteiger partial charge in [-0.05, 0) is 50.6 Å². The molecule has 4 N–H and O–H groups in total. The first-order valence-corrected chi connectivity index (χ1v) is 9.71. The van der Waals surface area contributed by atoms with E-state index < -0.39 is 10.0 Å². The summed E-state index contributed by atoms with van der Waals surface area (Å²) in [5.41, 5.74) is 0.955. The van der Waals surface area contributed by atoms with Crippen LogP contribution >= 0.6 is 0 Å². The molecule has 1 aliphatic rings. The molecule has 1 heterocycles. The summed E-state index contributed by atoms with van der Waals surface area (Å²) in [4.78, 5) is 14.3. The van der Waals surface area contributed by atoms with Gasteiger partial charge in [-0.15, -0.1) is 0 Å². The molecule has 1 aromatic carbocycles. The number of nitrogens with one attached hydrogen (secondary N) is 2. The first-order valence-electron chi connectivity index (χ1n) is 8.16. The molecule has 24 heavy (non-hydrogen) atoms. The minimum Gasteiger partial charge on any atom is -0.355 e. The van der Waals surface area contributed by atoms with Crippen molar-refractivity contribution >= 4 is 15.9 Å². The van der Waals surface area contributed by atoms with Gasteiger partial charge in [0.25, 0.3) is 0 Å². The van der Waals surface area contributed by atoms with Gasteiger partial charge in [-0.2, -0.15) is 0 Å². The van der Waals surface area contributed by atoms with Crippen LogP contribution in [0.1, 0.15) is 18.4 Å². The van der Waals surface area contributed by atoms with Gasteiger partial charge in [0.15, 0.2) is 0 Å². The number of piperidine rings is 1. The summed E-state index contributed by atoms with van der Waals surface area (Å²) in [6.45, 7) is 2.80. The van der Waals surface area contributed by atoms with Crippen molar-refractivity contribution in [2.75, 3.05) is 33.2 Å². The Kier molecular flexibility index (Phi) is 6.73. The number of carbonyl (C=O) groups is 1. The van der Waals surface area contributed by atoms with Crippen LogP contribution in [0.15, 0.2) is 29.2 Å². The van der Waals surface area contributed by atoms with Gasteiger partial charge in [0, 0.05) is 19.1 Å². The molecular formula is C16H26N4O3S. The third kappa shape index (κ3) is 5.86. The van der Waals surface area contributed by atoms with Crippen LogP contribution in [-0.4, -0.2) is 58.5 Å². The van der Waals surface area contributed by atoms with E-state index in [0.717, 1.165) is 31.5 Å². The van der Waals surface area contributed by atoms with E-state index in [-0.39, 0.29) is 10.8 Å². The molecule has 134 valence electrons. The summed E-state index contributed by atoms with van der Waals surface area (Å²) in [5.74, 6) is 0.0212. The normalized spacial score (nSPS) is 19.2. The van der Waals surface area contributed by atoms with Crippen LogP contribution in [0.4, 0.5) is 0 Å². The Morgan fingerprint density at radius 1 is 1.33 bits per heavy atom. The predicted octanol–water partition coefficient (Wildman–Crippen LogP) is -0.323. The molecular weight excluding hydrogens is 328 g/mol. The molecule has 1 aliphatic heterocycles. The number of nitrogens with zero attached hydrogens (tertiary/aromatic N) is 1. The highest BCUT2D eigenvalue weighted by molar-refractivity contribution is 7.89. The fraction of sp³-hybridized carbons (Fsp3) is 0.562. The van der Waals surface area contributed by atoms with Gasteiger partial charge in [-0.3, -0.25) is 9.69 Å². The van der Waals surface area contributed by atoms with Crippen molar-refractivity contribution in [1.29, 1.82) is 0 Å². The lowest BCUT2D eigenvalue weighted by atomic mass is 10.1. The Morgan fingerprint density at radius 2 is 2.04 bits per heavy atom. The zero-order chi connectivity index (χ0) is 17.6. The van der Waals surface area contributed by atoms with Gasteiger partial charge >= 0.3 is 0 Å². The number of rotatable bonds is 7. The van der Waals surface area contributed by atoms with Crippen LogP contribution in [0.5, 0.6) is 0 Å². The summed E-state index contributed by atoms with van der Waals surface area (Å²) in [5, 5.41) is 11.2. The van der Waals surface area contributed by atoms with E-state index in [0.29, 0.717) is 25.6 Å². The van der Waals surface area contributed by atoms with E-state index >= 15 is 0 Å². The Bertz CT molecular complexity index is 646. The number of hydrogen-bond donors (Lipinski definition) is 3. The fourth-order valence-corrected chi connectivity index (χ4v) is 3.40. The van der Waals surface area contributed by atoms with Crippen molar-refractivity contribution in [3.8, 4) is 0 Å². The fourth-order valence-electron chi connectivity index (χ4n) is 2.89. The van der Waals surface area contributed by atoms with Gasteiger partial charge < -0.3 is 10.6 Å². The lowest BCUT2D eigenvalue weighted by molar-refractivity contribution is -0.122. The van der Waals surface area contributed by atoms with E-state index in [2.05, 4.69) is 15.5 Å². The molecule has 0 saturated carbocycles. The highest BCUT2D eigenvalue weighted by atomic mass is 32.2. The smallest absolute Gasteiger partial charge is 0.238 e. The maximum atomic E-state index is 12.0. The molecule has 1 unspecified atom stereocenters. The van der Waals surface area contributed by atoms with Crippen molar-refractivity contribution in [3.63, 3.8) is 0 Å². The third-order valence-electron chi connectivity index (χ3n) is 4.27. The molecule has 8 heteroatoms. The van der Waals surface area contributed by atoms with Crippen LogP contribution in [0.3, 0.4) is 0 Å². The highest BCUT2D eigenvalue weighted by Gasteiger charge is 2.19. The molecule has 1 aromatic rings. The molecule has 7 nitrogen and oxygen atoms in total. The van der Waals surface area contributed by atoms with Gasteiger partial charge in [-0.25, -0.2) is 13.6 Å². The minimum absolute atomic E-state index is 0.0212. The molecule has 0 radical (unpaired) electrons. The summed E-state index contributed by atoms with van der Waals surface area (Å²) in [6.07, 6.45) is 2.91. The van der Waals surface area contributed by atoms with Gasteiger partial charge in [-0.1, -0.05) is 12.1 Å². The van der Waals surface area contributed by atoms with Crippen LogP contribution < -0.4 is 15.8 Å². The van der Waals surface area contributed by atoms with E-state index in [4.69, 9.17) is 5.14 Å². The van der Waals surface area contributed by atoms with Crippen LogP contribution in [0.2, 0.25) is 0 Å². The maximum absolute atomic E-state index is 12.0. The second-order valence-electron chi connectivity index (χ2n) is 6.15. The lowest BCUT2D eigenvalue weighted by Crippen LogP contribution is -2.48. The molecule has 0 aliphatic carbocycles. The zero-order valence-corrected chi connectivity index (χ0v) is 14.8. The Balaban J connectivity index is 1.72. The topological polar surface area (TPSA) is 105 Å². The monoisotopic (exact) mass is 354 g/mol. The Morgan fingerprint density at radius 3 is 2.67 bits per heavy atom. The molecule has 1 saturated heterocycles. The first kappa shape index (κ1) is 18.9. The van der Waals surface area contributed by atoms with Crippen molar-refractivity contribution in [2.24, 2.45) is 5.14 Å². The van der Waals surface area contributed by atoms with Crippen LogP contribution in [0, 0.1) is 0 Å². The SMILES string of the molecule is CNC1CCCN(CC(=O)NCCc2ccc(S(N)(=O)=O)cc2)C1. The summed E-state index contributed by atoms with van der Waals surface area (Å²) < 4.78 is 22.4. The van der Waals surface area contributed by atoms with Crippen molar-refractivity contribution in [3.05, 3.63) is 29.8 Å². The summed E-state index contributed by atoms with van der Waals surface area (Å²) in [7, 11) is -1.70. The van der Waals surface area contributed by atoms with Crippen molar-refractivity contribution in [2.45, 2.75) is 30.2 Å². The molecule has 1 atom stereocenters. The van der Waals surface area contributed by atoms with Crippen molar-refractivity contribution in [1.82, 2.24) is 15.5 Å².